The van der Waals surface area contributed by atoms with E-state index in [1.54, 1.807) is 6.92 Å². The maximum absolute atomic E-state index is 11.6. The summed E-state index contributed by atoms with van der Waals surface area (Å²) in [5.74, 6) is -1.09. The maximum Gasteiger partial charge on any atom is 0.321 e. The van der Waals surface area contributed by atoms with Crippen LogP contribution < -0.4 is 5.32 Å². The van der Waals surface area contributed by atoms with Crippen molar-refractivity contribution in [2.24, 2.45) is 0 Å². The highest BCUT2D eigenvalue weighted by Crippen LogP contribution is 2.04. The number of rotatable bonds is 11. The van der Waals surface area contributed by atoms with Gasteiger partial charge in [0.1, 0.15) is 5.75 Å². The van der Waals surface area contributed by atoms with Crippen LogP contribution in [-0.4, -0.2) is 45.1 Å². The summed E-state index contributed by atoms with van der Waals surface area (Å²) < 4.78 is 27.9. The van der Waals surface area contributed by atoms with E-state index in [-0.39, 0.29) is 12.4 Å². The summed E-state index contributed by atoms with van der Waals surface area (Å²) in [5.41, 5.74) is 0. The zero-order valence-electron chi connectivity index (χ0n) is 12.3. The van der Waals surface area contributed by atoms with Crippen molar-refractivity contribution in [1.82, 2.24) is 5.32 Å². The van der Waals surface area contributed by atoms with Gasteiger partial charge in [0.25, 0.3) is 0 Å². The normalized spacial score (nSPS) is 13.2. The van der Waals surface area contributed by atoms with Crippen molar-refractivity contribution in [3.8, 4) is 0 Å². The zero-order valence-corrected chi connectivity index (χ0v) is 13.1. The molecule has 0 fully saturated rings. The van der Waals surface area contributed by atoms with Gasteiger partial charge in [-0.2, -0.15) is 0 Å². The predicted octanol–water partition coefficient (Wildman–Crippen LogP) is 1.52. The molecule has 0 amide bonds. The number of ether oxygens (including phenoxy) is 1. The van der Waals surface area contributed by atoms with Gasteiger partial charge in [0.15, 0.2) is 9.84 Å². The third-order valence-electron chi connectivity index (χ3n) is 2.73. The van der Waals surface area contributed by atoms with Crippen LogP contribution in [-0.2, 0) is 19.4 Å². The van der Waals surface area contributed by atoms with Crippen molar-refractivity contribution in [3.63, 3.8) is 0 Å². The number of nitrogens with one attached hydrogen (secondary N) is 1. The second-order valence-corrected chi connectivity index (χ2v) is 6.93. The van der Waals surface area contributed by atoms with Crippen LogP contribution in [0.1, 0.15) is 46.5 Å². The Morgan fingerprint density at radius 2 is 1.95 bits per heavy atom. The molecule has 6 heteroatoms. The average molecular weight is 293 g/mol. The Morgan fingerprint density at radius 3 is 2.53 bits per heavy atom. The molecule has 0 spiro atoms. The van der Waals surface area contributed by atoms with Gasteiger partial charge < -0.3 is 10.1 Å². The molecule has 5 nitrogen and oxygen atoms in total. The molecule has 19 heavy (non-hydrogen) atoms. The highest BCUT2D eigenvalue weighted by Gasteiger charge is 2.17. The summed E-state index contributed by atoms with van der Waals surface area (Å²) in [6.45, 7) is 7.08. The molecular formula is C13H27NO4S. The molecular weight excluding hydrogens is 266 g/mol. The van der Waals surface area contributed by atoms with Gasteiger partial charge in [0.05, 0.1) is 12.4 Å². The fourth-order valence-corrected chi connectivity index (χ4v) is 2.95. The summed E-state index contributed by atoms with van der Waals surface area (Å²) in [6, 6.07) is 0.410. The Kier molecular flexibility index (Phi) is 9.87. The van der Waals surface area contributed by atoms with Gasteiger partial charge in [-0.25, -0.2) is 8.42 Å². The van der Waals surface area contributed by atoms with E-state index in [0.717, 1.165) is 25.8 Å². The van der Waals surface area contributed by atoms with Gasteiger partial charge in [-0.15, -0.1) is 0 Å². The van der Waals surface area contributed by atoms with Crippen LogP contribution in [0.4, 0.5) is 0 Å². The lowest BCUT2D eigenvalue weighted by atomic mass is 10.1. The van der Waals surface area contributed by atoms with Gasteiger partial charge in [-0.3, -0.25) is 4.79 Å². The van der Waals surface area contributed by atoms with E-state index in [1.165, 1.54) is 0 Å². The molecule has 0 aliphatic carbocycles. The predicted molar refractivity (Wildman–Crippen MR) is 76.9 cm³/mol. The van der Waals surface area contributed by atoms with Crippen LogP contribution in [0.25, 0.3) is 0 Å². The van der Waals surface area contributed by atoms with E-state index in [2.05, 4.69) is 23.9 Å². The lowest BCUT2D eigenvalue weighted by molar-refractivity contribution is -0.139. The first-order valence-corrected chi connectivity index (χ1v) is 8.82. The third-order valence-corrected chi connectivity index (χ3v) is 4.31. The Balaban J connectivity index is 3.78. The second kappa shape index (κ2) is 10.2. The lowest BCUT2D eigenvalue weighted by Crippen LogP contribution is -2.26. The molecule has 0 bridgehead atoms. The molecule has 0 aromatic carbocycles. The van der Waals surface area contributed by atoms with Gasteiger partial charge in [0, 0.05) is 6.04 Å². The summed E-state index contributed by atoms with van der Waals surface area (Å²) in [7, 11) is -3.31. The lowest BCUT2D eigenvalue weighted by Gasteiger charge is -2.12. The van der Waals surface area contributed by atoms with E-state index >= 15 is 0 Å². The molecule has 0 aromatic heterocycles. The SMILES string of the molecule is CCCNC(C)CCCCS(=O)(=O)CC(=O)OCC. The first kappa shape index (κ1) is 18.4. The number of sulfone groups is 1. The van der Waals surface area contributed by atoms with E-state index in [4.69, 9.17) is 0 Å². The molecule has 0 aliphatic heterocycles. The molecule has 0 saturated carbocycles. The first-order chi connectivity index (χ1) is 8.91. The zero-order chi connectivity index (χ0) is 14.7. The minimum Gasteiger partial charge on any atom is -0.465 e. The Labute approximate surface area is 117 Å². The fraction of sp³-hybridized carbons (Fsp3) is 0.923. The topological polar surface area (TPSA) is 72.5 Å². The van der Waals surface area contributed by atoms with E-state index in [9.17, 15) is 13.2 Å². The molecule has 0 saturated heterocycles. The first-order valence-electron chi connectivity index (χ1n) is 7.00. The van der Waals surface area contributed by atoms with Crippen LogP contribution in [0, 0.1) is 0 Å². The molecule has 0 rings (SSSR count). The molecule has 0 radical (unpaired) electrons. The van der Waals surface area contributed by atoms with Crippen LogP contribution >= 0.6 is 0 Å². The van der Waals surface area contributed by atoms with Crippen molar-refractivity contribution in [2.75, 3.05) is 24.7 Å². The number of carbonyl (C=O) groups is 1. The number of unbranched alkanes of at least 4 members (excludes halogenated alkanes) is 1. The molecule has 0 aromatic rings. The number of hydrogen-bond donors (Lipinski definition) is 1. The highest BCUT2D eigenvalue weighted by molar-refractivity contribution is 7.92. The fourth-order valence-electron chi connectivity index (χ4n) is 1.72. The summed E-state index contributed by atoms with van der Waals surface area (Å²) in [4.78, 5) is 11.1. The van der Waals surface area contributed by atoms with Crippen LogP contribution in [0.3, 0.4) is 0 Å². The van der Waals surface area contributed by atoms with E-state index < -0.39 is 21.6 Å². The Morgan fingerprint density at radius 1 is 1.26 bits per heavy atom. The van der Waals surface area contributed by atoms with Crippen molar-refractivity contribution >= 4 is 15.8 Å². The molecule has 0 aliphatic rings. The van der Waals surface area contributed by atoms with Crippen molar-refractivity contribution < 1.29 is 17.9 Å². The van der Waals surface area contributed by atoms with Crippen molar-refractivity contribution in [3.05, 3.63) is 0 Å². The van der Waals surface area contributed by atoms with Crippen LogP contribution in [0.5, 0.6) is 0 Å². The van der Waals surface area contributed by atoms with Gasteiger partial charge in [0.2, 0.25) is 0 Å². The third kappa shape index (κ3) is 10.9. The quantitative estimate of drug-likeness (QED) is 0.462. The molecule has 0 heterocycles. The molecule has 1 atom stereocenters. The highest BCUT2D eigenvalue weighted by atomic mass is 32.2. The monoisotopic (exact) mass is 293 g/mol. The largest absolute Gasteiger partial charge is 0.465 e. The smallest absolute Gasteiger partial charge is 0.321 e. The molecule has 1 unspecified atom stereocenters. The van der Waals surface area contributed by atoms with Gasteiger partial charge in [-0.05, 0) is 39.7 Å². The Hall–Kier alpha value is -0.620. The number of hydrogen-bond acceptors (Lipinski definition) is 5. The maximum atomic E-state index is 11.6. The van der Waals surface area contributed by atoms with Crippen LogP contribution in [0.15, 0.2) is 0 Å². The van der Waals surface area contributed by atoms with Gasteiger partial charge >= 0.3 is 5.97 Å². The molecule has 114 valence electrons. The Bertz CT molecular complexity index is 341. The minimum atomic E-state index is -3.31. The van der Waals surface area contributed by atoms with Gasteiger partial charge in [-0.1, -0.05) is 13.3 Å². The summed E-state index contributed by atoms with van der Waals surface area (Å²) >= 11 is 0. The average Bonchev–Trinajstić information content (AvgIpc) is 2.31. The van der Waals surface area contributed by atoms with E-state index in [1.807, 2.05) is 0 Å². The van der Waals surface area contributed by atoms with Crippen molar-refractivity contribution in [2.45, 2.75) is 52.5 Å². The van der Waals surface area contributed by atoms with E-state index in [0.29, 0.717) is 12.5 Å². The summed E-state index contributed by atoms with van der Waals surface area (Å²) in [6.07, 6.45) is 3.49. The number of carbonyl (C=O) groups excluding carboxylic acids is 1. The molecule has 1 N–H and O–H groups in total. The van der Waals surface area contributed by atoms with Crippen LogP contribution in [0.2, 0.25) is 0 Å². The van der Waals surface area contributed by atoms with Crippen molar-refractivity contribution in [1.29, 1.82) is 0 Å². The standard InChI is InChI=1S/C13H27NO4S/c1-4-9-14-12(3)8-6-7-10-19(16,17)11-13(15)18-5-2/h12,14H,4-11H2,1-3H3. The second-order valence-electron chi connectivity index (χ2n) is 4.75. The number of esters is 1. The summed E-state index contributed by atoms with van der Waals surface area (Å²) in [5, 5.41) is 3.36. The minimum absolute atomic E-state index is 0.0618.